The number of carbonyl (C=O) groups is 4. The Labute approximate surface area is 690 Å². The van der Waals surface area contributed by atoms with Crippen LogP contribution >= 0.6 is 11.6 Å². The number of halogens is 1. The molecular weight excluding hydrogens is 1470 g/mol. The summed E-state index contributed by atoms with van der Waals surface area (Å²) in [5, 5.41) is 44.7. The van der Waals surface area contributed by atoms with Gasteiger partial charge >= 0.3 is 0 Å². The zero-order valence-corrected chi connectivity index (χ0v) is 67.4. The number of carbonyl (C=O) groups excluding carboxylic acids is 4. The van der Waals surface area contributed by atoms with Crippen molar-refractivity contribution < 1.29 is 29.6 Å². The third kappa shape index (κ3) is 19.1. The number of hydrogen-bond donors (Lipinski definition) is 0. The van der Waals surface area contributed by atoms with E-state index in [0.717, 1.165) is 132 Å². The predicted molar refractivity (Wildman–Crippen MR) is 456 cm³/mol. The second kappa shape index (κ2) is 38.1. The molecule has 0 N–H and O–H groups in total. The third-order valence-corrected chi connectivity index (χ3v) is 23.4. The smallest absolute Gasteiger partial charge is 0.269 e. The van der Waals surface area contributed by atoms with Gasteiger partial charge in [-0.3, -0.25) is 28.8 Å². The monoisotopic (exact) mass is 1570 g/mol. The number of aryl methyl sites for hydroxylation is 13. The molecule has 12 aromatic rings. The maximum Gasteiger partial charge on any atom is 0.269 e. The van der Waals surface area contributed by atoms with E-state index in [4.69, 9.17) is 23.7 Å². The van der Waals surface area contributed by atoms with Crippen LogP contribution in [0.4, 0.5) is 11.4 Å². The minimum absolute atomic E-state index is 0. The molecule has 16 rings (SSSR count). The molecule has 0 saturated heterocycles. The second-order valence-electron chi connectivity index (χ2n) is 31.5. The Morgan fingerprint density at radius 2 is 0.655 bits per heavy atom. The minimum atomic E-state index is -0.613. The van der Waals surface area contributed by atoms with Crippen LogP contribution in [0.3, 0.4) is 0 Å². The normalized spacial score (nSPS) is 15.5. The van der Waals surface area contributed by atoms with E-state index in [1.165, 1.54) is 84.0 Å². The van der Waals surface area contributed by atoms with Crippen LogP contribution in [0.1, 0.15) is 209 Å². The quantitative estimate of drug-likeness (QED) is 0.0183. The maximum absolute atomic E-state index is 11.9. The first-order chi connectivity index (χ1) is 57.1. The lowest BCUT2D eigenvalue weighted by molar-refractivity contribution is -0.384. The van der Waals surface area contributed by atoms with Gasteiger partial charge in [-0.25, -0.2) is 4.85 Å². The number of nitro groups is 1. The number of rotatable bonds is 29. The van der Waals surface area contributed by atoms with E-state index < -0.39 is 25.0 Å². The Bertz CT molecular complexity index is 5550. The van der Waals surface area contributed by atoms with Gasteiger partial charge in [-0.15, -0.1) is 20.4 Å². The fourth-order valence-electron chi connectivity index (χ4n) is 18.1. The maximum atomic E-state index is 11.9. The molecular formula is C95H103ClN14O6. The Kier molecular flexibility index (Phi) is 25.6. The number of hydrogen-bond acceptors (Lipinski definition) is 14. The summed E-state index contributed by atoms with van der Waals surface area (Å²) in [4.78, 5) is 62.0. The van der Waals surface area contributed by atoms with E-state index in [1.54, 1.807) is 30.9 Å². The van der Waals surface area contributed by atoms with Crippen molar-refractivity contribution in [3.8, 4) is 44.5 Å². The van der Waals surface area contributed by atoms with Crippen molar-refractivity contribution in [3.63, 3.8) is 0 Å². The lowest BCUT2D eigenvalue weighted by atomic mass is 9.79. The summed E-state index contributed by atoms with van der Waals surface area (Å²) in [5.41, 5.74) is 28.9. The van der Waals surface area contributed by atoms with Crippen LogP contribution in [-0.2, 0) is 73.1 Å². The highest BCUT2D eigenvalue weighted by Crippen LogP contribution is 2.55. The van der Waals surface area contributed by atoms with Crippen molar-refractivity contribution in [2.45, 2.75) is 168 Å². The van der Waals surface area contributed by atoms with Crippen molar-refractivity contribution in [2.24, 2.45) is 51.9 Å². The number of aldehydes is 4. The molecule has 0 aliphatic heterocycles. The van der Waals surface area contributed by atoms with E-state index in [0.29, 0.717) is 17.1 Å². The number of non-ortho nitro benzene ring substituents is 1. The van der Waals surface area contributed by atoms with Crippen LogP contribution in [-0.4, -0.2) is 89.9 Å². The SMILES string of the molecule is C.[2H]C(=O)CC(CCCc1cn(C)nn1)C1c2cc(C)ccc2-c2ccc(C)cc21.[2H]C(=O)CC(CCCc1cn(C)nn1)C1c2cc(C)ccc2-c2ccc(Cl)cc21.[2H]C(=O)CC(CCCc1cn(C)nn1)C1c2cc(C)ccc2-c2ccc([N+]#[C-])cc21.[2H]C(=O)CC(CCCc1cn(C)nn1)C1c2cc(C)ccc2-c2ccc([N+](=O)[O-])cc21. The van der Waals surface area contributed by atoms with Gasteiger partial charge in [-0.2, -0.15) is 0 Å². The lowest BCUT2D eigenvalue weighted by Gasteiger charge is -2.24. The molecule has 0 radical (unpaired) electrons. The molecule has 7 unspecified atom stereocenters. The van der Waals surface area contributed by atoms with Gasteiger partial charge < -0.3 is 19.2 Å². The molecule has 0 fully saturated rings. The third-order valence-electron chi connectivity index (χ3n) is 23.2. The topological polar surface area (TPSA) is 239 Å². The molecule has 4 aromatic heterocycles. The zero-order valence-electron chi connectivity index (χ0n) is 70.7. The second-order valence-corrected chi connectivity index (χ2v) is 32.0. The zero-order chi connectivity index (χ0) is 84.5. The summed E-state index contributed by atoms with van der Waals surface area (Å²) < 4.78 is 37.3. The molecule has 0 saturated carbocycles. The van der Waals surface area contributed by atoms with Crippen LogP contribution < -0.4 is 0 Å². The van der Waals surface area contributed by atoms with E-state index in [9.17, 15) is 29.3 Å². The molecule has 0 amide bonds. The summed E-state index contributed by atoms with van der Waals surface area (Å²) in [7, 11) is 7.40. The van der Waals surface area contributed by atoms with E-state index >= 15 is 0 Å². The Morgan fingerprint density at radius 1 is 0.405 bits per heavy atom. The number of fused-ring (bicyclic) bond motifs is 12. The summed E-state index contributed by atoms with van der Waals surface area (Å²) >= 11 is 6.34. The standard InChI is InChI=1S/C24H24N4O.C24H27N3O.C23H24ClN3O.C23H24N4O3.CH4/c1-16-7-9-20-21-10-8-18(25-2)14-23(21)24(22(20)13-16)17(11-12-29)5-4-6-19-15-28(3)27-26-19;1-16-7-9-20-21-10-8-17(2)14-23(21)24(22(20)13-16)18(11-12-28)5-4-6-19-15-27(3)26-25-19;1-15-6-8-19-20-9-7-17(24)13-22(20)23(21(19)12-15)16(10-11-28)4-3-5-18-14-27(2)26-25-18;1-15-6-8-19-20-9-7-18(27(29)30)13-22(20)23(21(19)12-15)16(10-11-28)4-3-5-17-14-26(2)25-24-17;/h7-10,12-15,17,24H,4-6,11H2,1,3H3;7-10,12-15,18,24H,4-6,11H2,1-3H3;6-9,11-14,16,23H,3-5,10H2,1-2H3;6-9,11-14,16,23H,3-5,10H2,1-2H3;1H4/i2*12D;2*11D;. The molecule has 20 nitrogen and oxygen atoms in total. The molecule has 116 heavy (non-hydrogen) atoms. The number of nitrogens with zero attached hydrogens (tertiary/aromatic N) is 14. The van der Waals surface area contributed by atoms with E-state index in [-0.39, 0.29) is 91.1 Å². The van der Waals surface area contributed by atoms with Crippen molar-refractivity contribution in [2.75, 3.05) is 0 Å². The molecule has 8 aromatic carbocycles. The highest BCUT2D eigenvalue weighted by atomic mass is 35.5. The molecule has 7 atom stereocenters. The molecule has 0 spiro atoms. The largest absolute Gasteiger partial charge is 0.303 e. The highest BCUT2D eigenvalue weighted by Gasteiger charge is 2.39. The van der Waals surface area contributed by atoms with Gasteiger partial charge in [0.15, 0.2) is 5.69 Å². The lowest BCUT2D eigenvalue weighted by Crippen LogP contribution is -2.14. The van der Waals surface area contributed by atoms with Gasteiger partial charge in [0, 0.05) is 119 Å². The first-order valence-corrected chi connectivity index (χ1v) is 40.0. The Morgan fingerprint density at radius 3 is 0.914 bits per heavy atom. The predicted octanol–water partition coefficient (Wildman–Crippen LogP) is 19.9. The molecule has 4 aliphatic rings. The van der Waals surface area contributed by atoms with Gasteiger partial charge in [0.2, 0.25) is 0 Å². The molecule has 4 heterocycles. The first-order valence-electron chi connectivity index (χ1n) is 41.7. The molecule has 596 valence electrons. The van der Waals surface area contributed by atoms with Crippen molar-refractivity contribution in [1.29, 1.82) is 0 Å². The van der Waals surface area contributed by atoms with E-state index in [1.807, 2.05) is 96.3 Å². The van der Waals surface area contributed by atoms with Gasteiger partial charge in [-0.1, -0.05) is 183 Å². The van der Waals surface area contributed by atoms with Gasteiger partial charge in [-0.05, 0) is 243 Å². The fourth-order valence-corrected chi connectivity index (χ4v) is 18.3. The van der Waals surface area contributed by atoms with Crippen LogP contribution in [0.25, 0.3) is 49.4 Å². The number of nitro benzene ring substituents is 1. The first kappa shape index (κ1) is 78.1. The average Bonchev–Trinajstić information content (AvgIpc) is 1.88. The van der Waals surface area contributed by atoms with Crippen molar-refractivity contribution in [1.82, 2.24) is 60.0 Å². The van der Waals surface area contributed by atoms with Gasteiger partial charge in [0.05, 0.1) is 34.3 Å². The average molecular weight is 1580 g/mol. The van der Waals surface area contributed by atoms with Crippen LogP contribution in [0.5, 0.6) is 0 Å². The minimum Gasteiger partial charge on any atom is -0.303 e. The van der Waals surface area contributed by atoms with Crippen LogP contribution in [0, 0.1) is 75.0 Å². The fraction of sp³-hybridized carbons (Fsp3) is 0.358. The van der Waals surface area contributed by atoms with Gasteiger partial charge in [0.1, 0.15) is 30.5 Å². The summed E-state index contributed by atoms with van der Waals surface area (Å²) in [6, 6.07) is 49.2. The van der Waals surface area contributed by atoms with Crippen molar-refractivity contribution >= 4 is 48.0 Å². The molecule has 4 aliphatic carbocycles. The highest BCUT2D eigenvalue weighted by molar-refractivity contribution is 6.30. The summed E-state index contributed by atoms with van der Waals surface area (Å²) in [5.74, 6) is 0.163. The van der Waals surface area contributed by atoms with Gasteiger partial charge in [0.25, 0.3) is 5.69 Å². The van der Waals surface area contributed by atoms with E-state index in [2.05, 4.69) is 165 Å². The summed E-state index contributed by atoms with van der Waals surface area (Å²) in [6.45, 7) is 17.8. The van der Waals surface area contributed by atoms with Crippen LogP contribution in [0.2, 0.25) is 5.02 Å². The summed E-state index contributed by atoms with van der Waals surface area (Å²) in [6.07, 6.45) is 16.2. The molecule has 0 bridgehead atoms. The Hall–Kier alpha value is -11.8. The van der Waals surface area contributed by atoms with Crippen molar-refractivity contribution in [3.05, 3.63) is 292 Å². The Balaban J connectivity index is 0.000000146. The molecule has 21 heteroatoms. The van der Waals surface area contributed by atoms with Crippen LogP contribution in [0.15, 0.2) is 170 Å². The number of aromatic nitrogens is 12. The number of benzene rings is 8.